The van der Waals surface area contributed by atoms with Crippen molar-refractivity contribution in [1.82, 2.24) is 0 Å². The molecule has 15 heavy (non-hydrogen) atoms. The molecule has 0 saturated carbocycles. The zero-order valence-corrected chi connectivity index (χ0v) is 14.2. The first-order valence-corrected chi connectivity index (χ1v) is 8.42. The Bertz CT molecular complexity index is 453. The Morgan fingerprint density at radius 1 is 1.27 bits per heavy atom. The maximum Gasteiger partial charge on any atom is 0.0842 e. The summed E-state index contributed by atoms with van der Waals surface area (Å²) in [5, 5.41) is 2.10. The zero-order valence-electron chi connectivity index (χ0n) is 7.76. The van der Waals surface area contributed by atoms with Crippen LogP contribution in [0, 0.1) is 6.92 Å². The minimum Gasteiger partial charge on any atom is -0.146 e. The van der Waals surface area contributed by atoms with Crippen LogP contribution in [0.4, 0.5) is 0 Å². The Labute approximate surface area is 122 Å². The molecule has 0 fully saturated rings. The van der Waals surface area contributed by atoms with Gasteiger partial charge in [-0.2, -0.15) is 0 Å². The van der Waals surface area contributed by atoms with Crippen molar-refractivity contribution in [3.8, 4) is 0 Å². The summed E-state index contributed by atoms with van der Waals surface area (Å²) in [7, 11) is 0. The highest BCUT2D eigenvalue weighted by atomic mass is 79.9. The summed E-state index contributed by atoms with van der Waals surface area (Å²) in [6.07, 6.45) is 0. The number of hydrogen-bond acceptors (Lipinski definition) is 2. The third kappa shape index (κ3) is 2.57. The molecule has 0 nitrogen and oxygen atoms in total. The molecule has 0 N–H and O–H groups in total. The van der Waals surface area contributed by atoms with E-state index >= 15 is 0 Å². The fourth-order valence-electron chi connectivity index (χ4n) is 1.22. The maximum atomic E-state index is 3.74. The highest BCUT2D eigenvalue weighted by Gasteiger charge is 2.17. The van der Waals surface area contributed by atoms with E-state index in [9.17, 15) is 0 Å². The van der Waals surface area contributed by atoms with Gasteiger partial charge in [-0.1, -0.05) is 15.9 Å². The van der Waals surface area contributed by atoms with Gasteiger partial charge in [0.25, 0.3) is 0 Å². The van der Waals surface area contributed by atoms with Crippen LogP contribution in [-0.2, 0) is 0 Å². The van der Waals surface area contributed by atoms with Gasteiger partial charge in [0.1, 0.15) is 0 Å². The third-order valence-electron chi connectivity index (χ3n) is 2.00. The molecule has 0 amide bonds. The zero-order chi connectivity index (χ0) is 11.0. The molecule has 2 aromatic heterocycles. The predicted molar refractivity (Wildman–Crippen MR) is 79.5 cm³/mol. The van der Waals surface area contributed by atoms with Gasteiger partial charge in [-0.15, -0.1) is 22.7 Å². The molecule has 0 spiro atoms. The van der Waals surface area contributed by atoms with E-state index in [0.717, 1.165) is 0 Å². The summed E-state index contributed by atoms with van der Waals surface area (Å²) in [6, 6.07) is 4.27. The first-order valence-electron chi connectivity index (χ1n) is 4.22. The molecule has 2 aromatic rings. The van der Waals surface area contributed by atoms with Gasteiger partial charge < -0.3 is 0 Å². The Morgan fingerprint density at radius 2 is 2.00 bits per heavy atom. The molecule has 80 valence electrons. The molecule has 0 radical (unpaired) electrons. The van der Waals surface area contributed by atoms with E-state index < -0.39 is 0 Å². The van der Waals surface area contributed by atoms with Crippen molar-refractivity contribution >= 4 is 70.5 Å². The number of rotatable bonds is 2. The van der Waals surface area contributed by atoms with E-state index in [2.05, 4.69) is 72.2 Å². The largest absolute Gasteiger partial charge is 0.146 e. The van der Waals surface area contributed by atoms with Gasteiger partial charge in [0.2, 0.25) is 0 Å². The molecular formula is C10H7Br3S2. The van der Waals surface area contributed by atoms with Gasteiger partial charge in [0.15, 0.2) is 0 Å². The SMILES string of the molecule is Cc1sc(C(Br)c2sccc2Br)cc1Br. The van der Waals surface area contributed by atoms with Crippen LogP contribution in [0.5, 0.6) is 0 Å². The lowest BCUT2D eigenvalue weighted by Gasteiger charge is -2.05. The lowest BCUT2D eigenvalue weighted by molar-refractivity contribution is 1.27. The molecular weight excluding hydrogens is 424 g/mol. The number of aryl methyl sites for hydroxylation is 1. The van der Waals surface area contributed by atoms with Gasteiger partial charge in [-0.25, -0.2) is 0 Å². The van der Waals surface area contributed by atoms with Gasteiger partial charge in [-0.3, -0.25) is 0 Å². The van der Waals surface area contributed by atoms with E-state index in [1.807, 2.05) is 11.3 Å². The van der Waals surface area contributed by atoms with Crippen molar-refractivity contribution in [2.75, 3.05) is 0 Å². The molecule has 0 aliphatic rings. The molecule has 0 saturated heterocycles. The number of alkyl halides is 1. The van der Waals surface area contributed by atoms with Crippen molar-refractivity contribution in [3.63, 3.8) is 0 Å². The quantitative estimate of drug-likeness (QED) is 0.503. The standard InChI is InChI=1S/C10H7Br3S2/c1-5-7(12)4-8(15-5)9(13)10-6(11)2-3-14-10/h2-4,9H,1H3. The molecule has 1 unspecified atom stereocenters. The molecule has 0 bridgehead atoms. The highest BCUT2D eigenvalue weighted by molar-refractivity contribution is 9.11. The van der Waals surface area contributed by atoms with Crippen LogP contribution in [0.2, 0.25) is 0 Å². The van der Waals surface area contributed by atoms with Crippen LogP contribution in [0.1, 0.15) is 19.5 Å². The van der Waals surface area contributed by atoms with E-state index in [0.29, 0.717) is 4.83 Å². The summed E-state index contributed by atoms with van der Waals surface area (Å²) in [5.41, 5.74) is 0. The first kappa shape index (κ1) is 12.3. The minimum absolute atomic E-state index is 0.293. The van der Waals surface area contributed by atoms with Gasteiger partial charge in [0.05, 0.1) is 4.83 Å². The molecule has 5 heteroatoms. The summed E-state index contributed by atoms with van der Waals surface area (Å²) in [6.45, 7) is 2.13. The molecule has 2 heterocycles. The first-order chi connectivity index (χ1) is 7.09. The Kier molecular flexibility index (Phi) is 4.10. The van der Waals surface area contributed by atoms with Crippen LogP contribution >= 0.6 is 70.5 Å². The van der Waals surface area contributed by atoms with Crippen LogP contribution < -0.4 is 0 Å². The van der Waals surface area contributed by atoms with Crippen LogP contribution in [0.15, 0.2) is 26.5 Å². The summed E-state index contributed by atoms with van der Waals surface area (Å²) in [5.74, 6) is 0. The van der Waals surface area contributed by atoms with Crippen molar-refractivity contribution in [1.29, 1.82) is 0 Å². The van der Waals surface area contributed by atoms with E-state index in [-0.39, 0.29) is 0 Å². The maximum absolute atomic E-state index is 3.74. The average molecular weight is 431 g/mol. The van der Waals surface area contributed by atoms with E-state index in [4.69, 9.17) is 0 Å². The van der Waals surface area contributed by atoms with Crippen molar-refractivity contribution in [2.45, 2.75) is 11.8 Å². The smallest absolute Gasteiger partial charge is 0.0842 e. The van der Waals surface area contributed by atoms with Crippen molar-refractivity contribution in [2.24, 2.45) is 0 Å². The molecule has 1 atom stereocenters. The van der Waals surface area contributed by atoms with Crippen LogP contribution in [-0.4, -0.2) is 0 Å². The Hall–Kier alpha value is 0.840. The summed E-state index contributed by atoms with van der Waals surface area (Å²) in [4.78, 5) is 4.27. The number of hydrogen-bond donors (Lipinski definition) is 0. The second kappa shape index (κ2) is 5.00. The fourth-order valence-corrected chi connectivity index (χ4v) is 5.73. The predicted octanol–water partition coefficient (Wildman–Crippen LogP) is 6.13. The molecule has 0 aromatic carbocycles. The number of thiophene rings is 2. The third-order valence-corrected chi connectivity index (χ3v) is 7.70. The average Bonchev–Trinajstić information content (AvgIpc) is 2.74. The van der Waals surface area contributed by atoms with Crippen LogP contribution in [0.3, 0.4) is 0 Å². The van der Waals surface area contributed by atoms with Gasteiger partial charge >= 0.3 is 0 Å². The van der Waals surface area contributed by atoms with Gasteiger partial charge in [-0.05, 0) is 56.3 Å². The number of halogens is 3. The lowest BCUT2D eigenvalue weighted by atomic mass is 10.3. The lowest BCUT2D eigenvalue weighted by Crippen LogP contribution is -1.85. The topological polar surface area (TPSA) is 0 Å². The minimum atomic E-state index is 0.293. The highest BCUT2D eigenvalue weighted by Crippen LogP contribution is 2.43. The molecule has 0 aliphatic heterocycles. The van der Waals surface area contributed by atoms with Crippen molar-refractivity contribution < 1.29 is 0 Å². The Morgan fingerprint density at radius 3 is 2.47 bits per heavy atom. The van der Waals surface area contributed by atoms with E-state index in [1.54, 1.807) is 11.3 Å². The Balaban J connectivity index is 2.36. The van der Waals surface area contributed by atoms with Gasteiger partial charge in [0, 0.05) is 23.6 Å². The summed E-state index contributed by atoms with van der Waals surface area (Å²) < 4.78 is 2.37. The fraction of sp³-hybridized carbons (Fsp3) is 0.200. The second-order valence-electron chi connectivity index (χ2n) is 3.05. The second-order valence-corrected chi connectivity index (χ2v) is 7.91. The van der Waals surface area contributed by atoms with Crippen molar-refractivity contribution in [3.05, 3.63) is 41.1 Å². The summed E-state index contributed by atoms with van der Waals surface area (Å²) >= 11 is 14.4. The molecule has 2 rings (SSSR count). The van der Waals surface area contributed by atoms with Crippen LogP contribution in [0.25, 0.3) is 0 Å². The van der Waals surface area contributed by atoms with E-state index in [1.165, 1.54) is 23.6 Å². The normalized spacial score (nSPS) is 13.1. The molecule has 0 aliphatic carbocycles. The monoisotopic (exact) mass is 428 g/mol.